The summed E-state index contributed by atoms with van der Waals surface area (Å²) >= 11 is 1.92. The zero-order valence-corrected chi connectivity index (χ0v) is 12.7. The van der Waals surface area contributed by atoms with Crippen molar-refractivity contribution in [1.29, 1.82) is 0 Å². The van der Waals surface area contributed by atoms with Crippen molar-refractivity contribution < 1.29 is 0 Å². The second kappa shape index (κ2) is 7.27. The molecular formula is C13H27N3S. The van der Waals surface area contributed by atoms with E-state index in [2.05, 4.69) is 50.0 Å². The third-order valence-electron chi connectivity index (χ3n) is 3.07. The fourth-order valence-corrected chi connectivity index (χ4v) is 3.04. The zero-order chi connectivity index (χ0) is 12.8. The summed E-state index contributed by atoms with van der Waals surface area (Å²) in [6.45, 7) is 12.1. The van der Waals surface area contributed by atoms with Gasteiger partial charge in [-0.2, -0.15) is 0 Å². The van der Waals surface area contributed by atoms with Gasteiger partial charge in [-0.05, 0) is 33.2 Å². The molecule has 0 aromatic heterocycles. The van der Waals surface area contributed by atoms with E-state index in [1.54, 1.807) is 0 Å². The Balaban J connectivity index is 2.14. The molecule has 0 aromatic carbocycles. The van der Waals surface area contributed by atoms with Crippen molar-refractivity contribution in [3.63, 3.8) is 0 Å². The molecule has 1 heterocycles. The molecule has 1 unspecified atom stereocenters. The summed E-state index contributed by atoms with van der Waals surface area (Å²) < 4.78 is 0. The number of hydrogen-bond donors (Lipinski definition) is 1. The Labute approximate surface area is 110 Å². The molecule has 4 heteroatoms. The third-order valence-corrected chi connectivity index (χ3v) is 4.24. The lowest BCUT2D eigenvalue weighted by atomic mass is 10.1. The van der Waals surface area contributed by atoms with Crippen LogP contribution in [0.2, 0.25) is 0 Å². The summed E-state index contributed by atoms with van der Waals surface area (Å²) in [5.41, 5.74) is 0. The molecule has 0 saturated carbocycles. The van der Waals surface area contributed by atoms with Gasteiger partial charge in [0.05, 0.1) is 6.54 Å². The molecule has 17 heavy (non-hydrogen) atoms. The van der Waals surface area contributed by atoms with Crippen molar-refractivity contribution in [2.75, 3.05) is 26.7 Å². The Morgan fingerprint density at radius 1 is 1.41 bits per heavy atom. The molecule has 0 saturated heterocycles. The van der Waals surface area contributed by atoms with E-state index in [1.165, 1.54) is 6.42 Å². The van der Waals surface area contributed by atoms with Crippen LogP contribution >= 0.6 is 11.8 Å². The first-order valence-electron chi connectivity index (χ1n) is 6.64. The highest BCUT2D eigenvalue weighted by atomic mass is 32.2. The Hall–Kier alpha value is -0.220. The first-order valence-corrected chi connectivity index (χ1v) is 7.52. The van der Waals surface area contributed by atoms with Crippen LogP contribution in [0.1, 0.15) is 34.1 Å². The molecule has 0 spiro atoms. The van der Waals surface area contributed by atoms with Crippen LogP contribution in [0.4, 0.5) is 0 Å². The van der Waals surface area contributed by atoms with Gasteiger partial charge < -0.3 is 10.2 Å². The molecule has 1 atom stereocenters. The smallest absolute Gasteiger partial charge is 0.156 e. The van der Waals surface area contributed by atoms with Crippen molar-refractivity contribution in [3.8, 4) is 0 Å². The average Bonchev–Trinajstić information content (AvgIpc) is 2.64. The van der Waals surface area contributed by atoms with Crippen LogP contribution in [0.25, 0.3) is 0 Å². The van der Waals surface area contributed by atoms with Crippen LogP contribution in [-0.2, 0) is 0 Å². The Morgan fingerprint density at radius 2 is 2.12 bits per heavy atom. The van der Waals surface area contributed by atoms with Gasteiger partial charge in [0.15, 0.2) is 5.17 Å². The predicted octanol–water partition coefficient (Wildman–Crippen LogP) is 2.43. The number of rotatable bonds is 6. The molecule has 0 amide bonds. The average molecular weight is 257 g/mol. The van der Waals surface area contributed by atoms with Crippen LogP contribution in [0.3, 0.4) is 0 Å². The van der Waals surface area contributed by atoms with Crippen LogP contribution in [0.5, 0.6) is 0 Å². The molecule has 0 fully saturated rings. The summed E-state index contributed by atoms with van der Waals surface area (Å²) in [6, 6.07) is 0.614. The lowest BCUT2D eigenvalue weighted by molar-refractivity contribution is 0.278. The van der Waals surface area contributed by atoms with E-state index in [0.717, 1.165) is 30.7 Å². The molecule has 1 rings (SSSR count). The second-order valence-corrected chi connectivity index (χ2v) is 6.81. The summed E-state index contributed by atoms with van der Waals surface area (Å²) in [5.74, 6) is 0.772. The van der Waals surface area contributed by atoms with Gasteiger partial charge in [0, 0.05) is 24.4 Å². The molecule has 100 valence electrons. The van der Waals surface area contributed by atoms with Gasteiger partial charge in [0.2, 0.25) is 0 Å². The SMILES string of the molecule is CC(C)CC1CN=C(NCCN(C)C(C)C)S1. The van der Waals surface area contributed by atoms with E-state index in [9.17, 15) is 0 Å². The lowest BCUT2D eigenvalue weighted by Crippen LogP contribution is -2.35. The van der Waals surface area contributed by atoms with Crippen LogP contribution in [0, 0.1) is 5.92 Å². The van der Waals surface area contributed by atoms with Crippen LogP contribution < -0.4 is 5.32 Å². The molecule has 0 aliphatic carbocycles. The minimum Gasteiger partial charge on any atom is -0.364 e. The van der Waals surface area contributed by atoms with Crippen molar-refractivity contribution in [3.05, 3.63) is 0 Å². The highest BCUT2D eigenvalue weighted by Crippen LogP contribution is 2.25. The number of nitrogens with zero attached hydrogens (tertiary/aromatic N) is 2. The number of aliphatic imine (C=N–C) groups is 1. The summed E-state index contributed by atoms with van der Waals surface area (Å²) in [7, 11) is 2.16. The topological polar surface area (TPSA) is 27.6 Å². The summed E-state index contributed by atoms with van der Waals surface area (Å²) in [4.78, 5) is 6.91. The van der Waals surface area contributed by atoms with Crippen LogP contribution in [-0.4, -0.2) is 48.0 Å². The van der Waals surface area contributed by atoms with Gasteiger partial charge in [-0.25, -0.2) is 0 Å². The molecule has 1 N–H and O–H groups in total. The van der Waals surface area contributed by atoms with Gasteiger partial charge >= 0.3 is 0 Å². The number of amidine groups is 1. The van der Waals surface area contributed by atoms with E-state index >= 15 is 0 Å². The highest BCUT2D eigenvalue weighted by molar-refractivity contribution is 8.14. The maximum absolute atomic E-state index is 4.56. The number of likely N-dealkylation sites (N-methyl/N-ethyl adjacent to an activating group) is 1. The first-order chi connectivity index (χ1) is 7.99. The minimum atomic E-state index is 0.614. The molecule has 0 bridgehead atoms. The second-order valence-electron chi connectivity index (χ2n) is 5.52. The maximum Gasteiger partial charge on any atom is 0.156 e. The summed E-state index contributed by atoms with van der Waals surface area (Å²) in [5, 5.41) is 5.28. The summed E-state index contributed by atoms with van der Waals surface area (Å²) in [6.07, 6.45) is 1.27. The molecule has 0 aromatic rings. The fourth-order valence-electron chi connectivity index (χ4n) is 1.76. The third kappa shape index (κ3) is 5.77. The van der Waals surface area contributed by atoms with E-state index in [4.69, 9.17) is 0 Å². The fraction of sp³-hybridized carbons (Fsp3) is 0.923. The number of nitrogens with one attached hydrogen (secondary N) is 1. The Morgan fingerprint density at radius 3 is 2.71 bits per heavy atom. The van der Waals surface area contributed by atoms with Crippen molar-refractivity contribution in [2.24, 2.45) is 10.9 Å². The zero-order valence-electron chi connectivity index (χ0n) is 11.9. The minimum absolute atomic E-state index is 0.614. The Bertz CT molecular complexity index is 251. The Kier molecular flexibility index (Phi) is 6.34. The highest BCUT2D eigenvalue weighted by Gasteiger charge is 2.20. The van der Waals surface area contributed by atoms with E-state index in [0.29, 0.717) is 11.3 Å². The monoisotopic (exact) mass is 257 g/mol. The van der Waals surface area contributed by atoms with Gasteiger partial charge in [-0.3, -0.25) is 4.99 Å². The van der Waals surface area contributed by atoms with Crippen molar-refractivity contribution in [1.82, 2.24) is 10.2 Å². The molecule has 1 aliphatic rings. The van der Waals surface area contributed by atoms with E-state index in [-0.39, 0.29) is 0 Å². The number of thioether (sulfide) groups is 1. The lowest BCUT2D eigenvalue weighted by Gasteiger charge is -2.21. The van der Waals surface area contributed by atoms with Crippen molar-refractivity contribution >= 4 is 16.9 Å². The molecule has 1 aliphatic heterocycles. The molecular weight excluding hydrogens is 230 g/mol. The van der Waals surface area contributed by atoms with Gasteiger partial charge in [-0.15, -0.1) is 0 Å². The van der Waals surface area contributed by atoms with Crippen LogP contribution in [0.15, 0.2) is 4.99 Å². The first kappa shape index (κ1) is 14.8. The predicted molar refractivity (Wildman–Crippen MR) is 78.9 cm³/mol. The van der Waals surface area contributed by atoms with Gasteiger partial charge in [0.25, 0.3) is 0 Å². The van der Waals surface area contributed by atoms with Gasteiger partial charge in [0.1, 0.15) is 0 Å². The van der Waals surface area contributed by atoms with Gasteiger partial charge in [-0.1, -0.05) is 25.6 Å². The molecule has 0 radical (unpaired) electrons. The van der Waals surface area contributed by atoms with E-state index < -0.39 is 0 Å². The van der Waals surface area contributed by atoms with E-state index in [1.807, 2.05) is 11.8 Å². The standard InChI is InChI=1S/C13H27N3S/c1-10(2)8-12-9-15-13(17-12)14-6-7-16(5)11(3)4/h10-12H,6-9H2,1-5H3,(H,14,15). The van der Waals surface area contributed by atoms with Crippen molar-refractivity contribution in [2.45, 2.75) is 45.4 Å². The normalized spacial score (nSPS) is 20.5. The molecule has 3 nitrogen and oxygen atoms in total. The largest absolute Gasteiger partial charge is 0.364 e. The maximum atomic E-state index is 4.56. The quantitative estimate of drug-likeness (QED) is 0.792. The number of hydrogen-bond acceptors (Lipinski definition) is 4.